The largest absolute Gasteiger partial charge is 0.363 e. The van der Waals surface area contributed by atoms with Gasteiger partial charge in [0.25, 0.3) is 0 Å². The third-order valence-electron chi connectivity index (χ3n) is 1.68. The molecule has 2 nitrogen and oxygen atoms in total. The maximum atomic E-state index is 5.27. The summed E-state index contributed by atoms with van der Waals surface area (Å²) in [6.07, 6.45) is 5.27. The smallest absolute Gasteiger partial charge is 0.128 e. The summed E-state index contributed by atoms with van der Waals surface area (Å²) in [4.78, 5) is 6.28. The Kier molecular flexibility index (Phi) is 2.35. The Morgan fingerprint density at radius 3 is 2.50 bits per heavy atom. The Bertz CT molecular complexity index is 321. The summed E-state index contributed by atoms with van der Waals surface area (Å²) in [5, 5.41) is 0. The third-order valence-corrected chi connectivity index (χ3v) is 1.68. The zero-order valence-corrected chi connectivity index (χ0v) is 7.63. The molecule has 0 aliphatic carbocycles. The normalized spacial score (nSPS) is 9.17. The summed E-state index contributed by atoms with van der Waals surface area (Å²) in [6.45, 7) is 1.92. The first-order chi connectivity index (χ1) is 5.65. The van der Waals surface area contributed by atoms with E-state index in [-0.39, 0.29) is 0 Å². The number of rotatable bonds is 1. The van der Waals surface area contributed by atoms with Crippen LogP contribution < -0.4 is 4.90 Å². The topological polar surface area (TPSA) is 16.1 Å². The molecule has 0 aliphatic rings. The molecule has 0 N–H and O–H groups in total. The fourth-order valence-electron chi connectivity index (χ4n) is 0.949. The average Bonchev–Trinajstić information content (AvgIpc) is 2.04. The summed E-state index contributed by atoms with van der Waals surface area (Å²) in [6, 6.07) is 3.83. The fraction of sp³-hybridized carbons (Fsp3) is 0.300. The Morgan fingerprint density at radius 2 is 2.08 bits per heavy atom. The molecule has 0 aromatic carbocycles. The second-order valence-corrected chi connectivity index (χ2v) is 2.84. The van der Waals surface area contributed by atoms with Crippen LogP contribution in [0.5, 0.6) is 0 Å². The number of hydrogen-bond acceptors (Lipinski definition) is 2. The van der Waals surface area contributed by atoms with Gasteiger partial charge in [-0.25, -0.2) is 4.98 Å². The van der Waals surface area contributed by atoms with E-state index in [9.17, 15) is 0 Å². The molecule has 0 spiro atoms. The summed E-state index contributed by atoms with van der Waals surface area (Å²) in [5.74, 6) is 3.52. The molecule has 0 atom stereocenters. The van der Waals surface area contributed by atoms with Gasteiger partial charge >= 0.3 is 0 Å². The minimum atomic E-state index is 0.862. The molecule has 12 heavy (non-hydrogen) atoms. The maximum absolute atomic E-state index is 5.27. The van der Waals surface area contributed by atoms with E-state index < -0.39 is 0 Å². The van der Waals surface area contributed by atoms with E-state index in [2.05, 4.69) is 10.9 Å². The lowest BCUT2D eigenvalue weighted by Crippen LogP contribution is -2.11. The number of pyridine rings is 1. The number of terminal acetylenes is 1. The summed E-state index contributed by atoms with van der Waals surface area (Å²) in [7, 11) is 3.91. The van der Waals surface area contributed by atoms with Crippen molar-refractivity contribution in [3.8, 4) is 12.3 Å². The van der Waals surface area contributed by atoms with Crippen molar-refractivity contribution in [2.24, 2.45) is 0 Å². The zero-order chi connectivity index (χ0) is 9.14. The second kappa shape index (κ2) is 3.27. The van der Waals surface area contributed by atoms with E-state index in [0.717, 1.165) is 17.1 Å². The first-order valence-corrected chi connectivity index (χ1v) is 3.76. The first-order valence-electron chi connectivity index (χ1n) is 3.76. The van der Waals surface area contributed by atoms with Crippen LogP contribution in [0.1, 0.15) is 11.3 Å². The minimum absolute atomic E-state index is 0.862. The van der Waals surface area contributed by atoms with Gasteiger partial charge in [0.1, 0.15) is 5.82 Å². The molecule has 0 radical (unpaired) electrons. The molecule has 0 amide bonds. The van der Waals surface area contributed by atoms with E-state index in [1.54, 1.807) is 0 Å². The summed E-state index contributed by atoms with van der Waals surface area (Å²) >= 11 is 0. The quantitative estimate of drug-likeness (QED) is 0.578. The summed E-state index contributed by atoms with van der Waals surface area (Å²) in [5.41, 5.74) is 1.77. The molecule has 1 heterocycles. The van der Waals surface area contributed by atoms with Crippen LogP contribution in [0.4, 0.5) is 5.82 Å². The lowest BCUT2D eigenvalue weighted by Gasteiger charge is -2.11. The number of hydrogen-bond donors (Lipinski definition) is 0. The monoisotopic (exact) mass is 160 g/mol. The van der Waals surface area contributed by atoms with Gasteiger partial charge < -0.3 is 4.90 Å². The Hall–Kier alpha value is -1.49. The molecule has 0 bridgehead atoms. The lowest BCUT2D eigenvalue weighted by atomic mass is 10.2. The van der Waals surface area contributed by atoms with Crippen LogP contribution in [0.15, 0.2) is 12.1 Å². The van der Waals surface area contributed by atoms with Crippen molar-refractivity contribution >= 4 is 5.82 Å². The standard InChI is InChI=1S/C10H12N2/c1-5-9-6-7-10(12(3)4)11-8(9)2/h1,6-7H,2-4H3. The molecule has 0 saturated carbocycles. The maximum Gasteiger partial charge on any atom is 0.128 e. The van der Waals surface area contributed by atoms with E-state index in [1.807, 2.05) is 38.1 Å². The van der Waals surface area contributed by atoms with Crippen LogP contribution >= 0.6 is 0 Å². The predicted molar refractivity (Wildman–Crippen MR) is 51.2 cm³/mol. The van der Waals surface area contributed by atoms with Crippen molar-refractivity contribution in [3.63, 3.8) is 0 Å². The Balaban J connectivity index is 3.12. The van der Waals surface area contributed by atoms with Crippen molar-refractivity contribution in [3.05, 3.63) is 23.4 Å². The van der Waals surface area contributed by atoms with Gasteiger partial charge in [-0.15, -0.1) is 6.42 Å². The number of nitrogens with zero attached hydrogens (tertiary/aromatic N) is 2. The number of aryl methyl sites for hydroxylation is 1. The summed E-state index contributed by atoms with van der Waals surface area (Å²) < 4.78 is 0. The molecular weight excluding hydrogens is 148 g/mol. The molecule has 1 aromatic rings. The van der Waals surface area contributed by atoms with E-state index in [1.165, 1.54) is 0 Å². The van der Waals surface area contributed by atoms with Crippen LogP contribution in [0.25, 0.3) is 0 Å². The second-order valence-electron chi connectivity index (χ2n) is 2.84. The van der Waals surface area contributed by atoms with Crippen molar-refractivity contribution in [2.75, 3.05) is 19.0 Å². The van der Waals surface area contributed by atoms with Gasteiger partial charge in [-0.1, -0.05) is 5.92 Å². The van der Waals surface area contributed by atoms with Crippen LogP contribution in [-0.4, -0.2) is 19.1 Å². The Labute approximate surface area is 73.2 Å². The van der Waals surface area contributed by atoms with E-state index in [4.69, 9.17) is 6.42 Å². The van der Waals surface area contributed by atoms with Crippen molar-refractivity contribution in [2.45, 2.75) is 6.92 Å². The highest BCUT2D eigenvalue weighted by atomic mass is 15.1. The lowest BCUT2D eigenvalue weighted by molar-refractivity contribution is 1.04. The van der Waals surface area contributed by atoms with Gasteiger partial charge in [-0.05, 0) is 19.1 Å². The van der Waals surface area contributed by atoms with Gasteiger partial charge in [0.2, 0.25) is 0 Å². The van der Waals surface area contributed by atoms with Crippen LogP contribution in [-0.2, 0) is 0 Å². The van der Waals surface area contributed by atoms with Crippen LogP contribution in [0, 0.1) is 19.3 Å². The molecule has 1 rings (SSSR count). The van der Waals surface area contributed by atoms with Gasteiger partial charge in [0, 0.05) is 19.7 Å². The highest BCUT2D eigenvalue weighted by molar-refractivity contribution is 5.44. The van der Waals surface area contributed by atoms with Crippen molar-refractivity contribution < 1.29 is 0 Å². The fourth-order valence-corrected chi connectivity index (χ4v) is 0.949. The molecule has 0 aliphatic heterocycles. The van der Waals surface area contributed by atoms with E-state index in [0.29, 0.717) is 0 Å². The van der Waals surface area contributed by atoms with Crippen LogP contribution in [0.3, 0.4) is 0 Å². The number of aromatic nitrogens is 1. The highest BCUT2D eigenvalue weighted by Crippen LogP contribution is 2.11. The van der Waals surface area contributed by atoms with E-state index >= 15 is 0 Å². The molecule has 0 fully saturated rings. The molecule has 1 aromatic heterocycles. The molecule has 2 heteroatoms. The first kappa shape index (κ1) is 8.61. The Morgan fingerprint density at radius 1 is 1.42 bits per heavy atom. The minimum Gasteiger partial charge on any atom is -0.363 e. The van der Waals surface area contributed by atoms with Crippen LogP contribution in [0.2, 0.25) is 0 Å². The zero-order valence-electron chi connectivity index (χ0n) is 7.63. The van der Waals surface area contributed by atoms with Crippen molar-refractivity contribution in [1.29, 1.82) is 0 Å². The average molecular weight is 160 g/mol. The van der Waals surface area contributed by atoms with Gasteiger partial charge in [0.05, 0.1) is 5.69 Å². The SMILES string of the molecule is C#Cc1ccc(N(C)C)nc1C. The van der Waals surface area contributed by atoms with Gasteiger partial charge in [-0.2, -0.15) is 0 Å². The number of anilines is 1. The van der Waals surface area contributed by atoms with Gasteiger partial charge in [-0.3, -0.25) is 0 Å². The molecular formula is C10H12N2. The van der Waals surface area contributed by atoms with Gasteiger partial charge in [0.15, 0.2) is 0 Å². The molecule has 62 valence electrons. The third kappa shape index (κ3) is 1.57. The molecule has 0 unspecified atom stereocenters. The highest BCUT2D eigenvalue weighted by Gasteiger charge is 1.99. The predicted octanol–water partition coefficient (Wildman–Crippen LogP) is 1.44. The molecule has 0 saturated heterocycles. The van der Waals surface area contributed by atoms with Crippen molar-refractivity contribution in [1.82, 2.24) is 4.98 Å².